The van der Waals surface area contributed by atoms with Gasteiger partial charge in [0.2, 0.25) is 0 Å². The lowest BCUT2D eigenvalue weighted by atomic mass is 9.82. The second kappa shape index (κ2) is 9.88. The molecule has 4 heterocycles. The first kappa shape index (κ1) is 29.1. The van der Waals surface area contributed by atoms with Gasteiger partial charge in [-0.1, -0.05) is 98.8 Å². The number of hydrogen-bond donors (Lipinski definition) is 0. The molecule has 0 N–H and O–H groups in total. The second-order valence-corrected chi connectivity index (χ2v) is 16.0. The summed E-state index contributed by atoms with van der Waals surface area (Å²) in [6, 6.07) is 48.8. The monoisotopic (exact) mass is 699 g/mol. The molecule has 0 aliphatic heterocycles. The van der Waals surface area contributed by atoms with E-state index < -0.39 is 0 Å². The van der Waals surface area contributed by atoms with E-state index >= 15 is 0 Å². The summed E-state index contributed by atoms with van der Waals surface area (Å²) in [4.78, 5) is 28.5. The largest absolute Gasteiger partial charge is 0.340 e. The maximum absolute atomic E-state index is 14.4. The zero-order valence-corrected chi connectivity index (χ0v) is 29.7. The molecule has 0 amide bonds. The van der Waals surface area contributed by atoms with E-state index in [0.29, 0.717) is 10.9 Å². The molecule has 0 radical (unpaired) electrons. The highest BCUT2D eigenvalue weighted by atomic mass is 32.1. The highest BCUT2D eigenvalue weighted by molar-refractivity contribution is 7.24. The molecule has 0 saturated heterocycles. The molecule has 53 heavy (non-hydrogen) atoms. The van der Waals surface area contributed by atoms with Crippen LogP contribution in [0.1, 0.15) is 25.0 Å². The standard InChI is InChI=1S/C47H29N3O2S/c1-47(2)36-14-8-6-12-29(36)34-24-35-30-13-7-9-15-38(30)48(40(35)25-37(34)47)28-17-20-39-42(23-28)53-41-21-19-31-33-22-27(26-10-4-3-5-11-26)16-18-32(33)45(51)50-43(31)44(41)49(39)46(50)52/h3-25H,1-2H3. The van der Waals surface area contributed by atoms with E-state index in [1.807, 2.05) is 30.3 Å². The van der Waals surface area contributed by atoms with Crippen molar-refractivity contribution in [3.8, 4) is 27.9 Å². The Bertz CT molecular complexity index is 3530. The maximum Gasteiger partial charge on any atom is 0.340 e. The van der Waals surface area contributed by atoms with Crippen LogP contribution in [-0.2, 0) is 5.41 Å². The molecular formula is C47H29N3O2S. The van der Waals surface area contributed by atoms with Crippen LogP contribution < -0.4 is 11.2 Å². The van der Waals surface area contributed by atoms with Gasteiger partial charge in [-0.15, -0.1) is 11.3 Å². The summed E-state index contributed by atoms with van der Waals surface area (Å²) in [6.45, 7) is 4.64. The summed E-state index contributed by atoms with van der Waals surface area (Å²) in [7, 11) is 0. The average molecular weight is 700 g/mol. The third-order valence-electron chi connectivity index (χ3n) is 11.8. The molecule has 12 rings (SSSR count). The topological polar surface area (TPSA) is 47.9 Å². The van der Waals surface area contributed by atoms with E-state index in [-0.39, 0.29) is 16.7 Å². The molecular weight excluding hydrogens is 671 g/mol. The van der Waals surface area contributed by atoms with Gasteiger partial charge in [-0.3, -0.25) is 9.20 Å². The minimum atomic E-state index is -0.333. The zero-order chi connectivity index (χ0) is 35.3. The van der Waals surface area contributed by atoms with Crippen LogP contribution in [0.4, 0.5) is 0 Å². The summed E-state index contributed by atoms with van der Waals surface area (Å²) in [6.07, 6.45) is 0. The lowest BCUT2D eigenvalue weighted by Gasteiger charge is -2.21. The maximum atomic E-state index is 14.4. The minimum Gasteiger partial charge on any atom is -0.309 e. The number of imidazole rings is 1. The molecule has 0 bridgehead atoms. The molecule has 0 fully saturated rings. The van der Waals surface area contributed by atoms with Gasteiger partial charge in [0.15, 0.2) is 0 Å². The van der Waals surface area contributed by atoms with Crippen LogP contribution in [0.3, 0.4) is 0 Å². The number of pyridine rings is 1. The van der Waals surface area contributed by atoms with Crippen molar-refractivity contribution in [1.29, 1.82) is 0 Å². The Labute approximate surface area is 306 Å². The molecule has 0 unspecified atom stereocenters. The predicted molar refractivity (Wildman–Crippen MR) is 220 cm³/mol. The first-order chi connectivity index (χ1) is 25.9. The van der Waals surface area contributed by atoms with Gasteiger partial charge in [0.25, 0.3) is 5.56 Å². The van der Waals surface area contributed by atoms with Gasteiger partial charge >= 0.3 is 5.69 Å². The summed E-state index contributed by atoms with van der Waals surface area (Å²) < 4.78 is 7.43. The van der Waals surface area contributed by atoms with Crippen LogP contribution in [-0.4, -0.2) is 13.4 Å². The molecule has 0 atom stereocenters. The average Bonchev–Trinajstić information content (AvgIpc) is 3.77. The van der Waals surface area contributed by atoms with E-state index in [1.165, 1.54) is 37.4 Å². The van der Waals surface area contributed by atoms with Gasteiger partial charge in [-0.2, -0.15) is 0 Å². The summed E-state index contributed by atoms with van der Waals surface area (Å²) in [5.41, 5.74) is 12.3. The van der Waals surface area contributed by atoms with Gasteiger partial charge in [0.1, 0.15) is 0 Å². The smallest absolute Gasteiger partial charge is 0.309 e. The Hall–Kier alpha value is -6.50. The normalized spacial score (nSPS) is 13.8. The lowest BCUT2D eigenvalue weighted by molar-refractivity contribution is 0.661. The number of hydrogen-bond acceptors (Lipinski definition) is 3. The van der Waals surface area contributed by atoms with Crippen LogP contribution in [0.2, 0.25) is 0 Å². The van der Waals surface area contributed by atoms with Crippen LogP contribution in [0.25, 0.3) is 91.9 Å². The van der Waals surface area contributed by atoms with E-state index in [4.69, 9.17) is 0 Å². The molecule has 5 nitrogen and oxygen atoms in total. The summed E-state index contributed by atoms with van der Waals surface area (Å²) in [5.74, 6) is 0. The molecule has 250 valence electrons. The van der Waals surface area contributed by atoms with Crippen molar-refractivity contribution in [1.82, 2.24) is 13.4 Å². The fourth-order valence-electron chi connectivity index (χ4n) is 9.36. The van der Waals surface area contributed by atoms with Crippen LogP contribution in [0.15, 0.2) is 149 Å². The first-order valence-corrected chi connectivity index (χ1v) is 18.8. The van der Waals surface area contributed by atoms with Gasteiger partial charge in [0, 0.05) is 32.6 Å². The number of aromatic nitrogens is 3. The fraction of sp³-hybridized carbons (Fsp3) is 0.0638. The van der Waals surface area contributed by atoms with Gasteiger partial charge in [-0.05, 0) is 93.4 Å². The number of fused-ring (bicyclic) bond motifs is 10. The first-order valence-electron chi connectivity index (χ1n) is 17.9. The molecule has 6 heteroatoms. The van der Waals surface area contributed by atoms with Gasteiger partial charge < -0.3 is 4.57 Å². The third-order valence-corrected chi connectivity index (χ3v) is 12.9. The van der Waals surface area contributed by atoms with E-state index in [1.54, 1.807) is 15.7 Å². The van der Waals surface area contributed by atoms with Crippen molar-refractivity contribution in [2.45, 2.75) is 19.3 Å². The molecule has 4 aromatic heterocycles. The predicted octanol–water partition coefficient (Wildman–Crippen LogP) is 10.9. The fourth-order valence-corrected chi connectivity index (χ4v) is 10.5. The van der Waals surface area contributed by atoms with Gasteiger partial charge in [0.05, 0.1) is 37.0 Å². The van der Waals surface area contributed by atoms with E-state index in [0.717, 1.165) is 59.1 Å². The van der Waals surface area contributed by atoms with Crippen molar-refractivity contribution in [2.75, 3.05) is 0 Å². The Kier molecular flexibility index (Phi) is 5.43. The van der Waals surface area contributed by atoms with Crippen molar-refractivity contribution >= 4 is 75.3 Å². The van der Waals surface area contributed by atoms with E-state index in [2.05, 4.69) is 128 Å². The Morgan fingerprint density at radius 3 is 2.17 bits per heavy atom. The van der Waals surface area contributed by atoms with Gasteiger partial charge in [-0.25, -0.2) is 9.20 Å². The Morgan fingerprint density at radius 2 is 1.28 bits per heavy atom. The Balaban J connectivity index is 1.13. The number of benzene rings is 7. The second-order valence-electron chi connectivity index (χ2n) is 14.9. The third kappa shape index (κ3) is 3.61. The lowest BCUT2D eigenvalue weighted by Crippen LogP contribution is -2.26. The molecule has 1 aliphatic carbocycles. The molecule has 11 aromatic rings. The highest BCUT2D eigenvalue weighted by Crippen LogP contribution is 2.51. The van der Waals surface area contributed by atoms with Crippen LogP contribution in [0, 0.1) is 0 Å². The number of nitrogens with zero attached hydrogens (tertiary/aromatic N) is 3. The summed E-state index contributed by atoms with van der Waals surface area (Å²) >= 11 is 1.66. The van der Waals surface area contributed by atoms with E-state index in [9.17, 15) is 9.59 Å². The van der Waals surface area contributed by atoms with Crippen molar-refractivity contribution < 1.29 is 0 Å². The molecule has 1 aliphatic rings. The van der Waals surface area contributed by atoms with Crippen LogP contribution in [0.5, 0.6) is 0 Å². The molecule has 0 saturated carbocycles. The minimum absolute atomic E-state index is 0.126. The highest BCUT2D eigenvalue weighted by Gasteiger charge is 2.36. The van der Waals surface area contributed by atoms with Crippen molar-refractivity contribution in [2.24, 2.45) is 0 Å². The van der Waals surface area contributed by atoms with Crippen molar-refractivity contribution in [3.05, 3.63) is 171 Å². The number of para-hydroxylation sites is 1. The number of rotatable bonds is 2. The van der Waals surface area contributed by atoms with Crippen molar-refractivity contribution in [3.63, 3.8) is 0 Å². The Morgan fingerprint density at radius 1 is 0.491 bits per heavy atom. The molecule has 0 spiro atoms. The van der Waals surface area contributed by atoms with Crippen LogP contribution >= 0.6 is 11.3 Å². The summed E-state index contributed by atoms with van der Waals surface area (Å²) in [5, 5.41) is 4.72. The molecule has 7 aromatic carbocycles. The SMILES string of the molecule is CC1(C)c2ccccc2-c2cc3c4ccccc4n(-c4ccc5c(c4)sc4ccc6c7cc(-c8ccccc8)ccc7c(=O)n7c(=O)n5c4c67)c3cc21. The quantitative estimate of drug-likeness (QED) is 0.133. The zero-order valence-electron chi connectivity index (χ0n) is 28.8.